The molecular formula is C17H14F4N2O2. The summed E-state index contributed by atoms with van der Waals surface area (Å²) in [5.41, 5.74) is 4.38. The first-order chi connectivity index (χ1) is 11.7. The van der Waals surface area contributed by atoms with Gasteiger partial charge >= 0.3 is 6.18 Å². The van der Waals surface area contributed by atoms with E-state index in [0.717, 1.165) is 12.1 Å². The van der Waals surface area contributed by atoms with Crippen LogP contribution in [0, 0.1) is 5.82 Å². The summed E-state index contributed by atoms with van der Waals surface area (Å²) in [6.07, 6.45) is -4.68. The summed E-state index contributed by atoms with van der Waals surface area (Å²) in [5.74, 6) is -2.29. The van der Waals surface area contributed by atoms with Gasteiger partial charge in [-0.05, 0) is 35.9 Å². The number of nitrogens with one attached hydrogen (secondary N) is 1. The molecule has 3 N–H and O–H groups in total. The molecular weight excluding hydrogens is 340 g/mol. The lowest BCUT2D eigenvalue weighted by Crippen LogP contribution is -2.45. The van der Waals surface area contributed by atoms with Crippen LogP contribution in [0.1, 0.15) is 21.5 Å². The normalized spacial score (nSPS) is 12.5. The van der Waals surface area contributed by atoms with Gasteiger partial charge in [-0.2, -0.15) is 13.2 Å². The minimum Gasteiger partial charge on any atom is -0.368 e. The van der Waals surface area contributed by atoms with E-state index < -0.39 is 35.4 Å². The lowest BCUT2D eigenvalue weighted by molar-refractivity contribution is -0.137. The SMILES string of the molecule is NC(=O)[C@@H](Cc1cccc(F)c1)NC(=O)c1cccc(C(F)(F)F)c1. The molecule has 1 atom stereocenters. The van der Waals surface area contributed by atoms with E-state index in [1.165, 1.54) is 30.3 Å². The van der Waals surface area contributed by atoms with Crippen LogP contribution >= 0.6 is 0 Å². The summed E-state index contributed by atoms with van der Waals surface area (Å²) < 4.78 is 51.3. The maximum Gasteiger partial charge on any atom is 0.416 e. The summed E-state index contributed by atoms with van der Waals surface area (Å²) in [7, 11) is 0. The number of hydrogen-bond donors (Lipinski definition) is 2. The van der Waals surface area contributed by atoms with Gasteiger partial charge in [0, 0.05) is 12.0 Å². The number of hydrogen-bond acceptors (Lipinski definition) is 2. The molecule has 0 fully saturated rings. The Morgan fingerprint density at radius 1 is 1.08 bits per heavy atom. The fourth-order valence-corrected chi connectivity index (χ4v) is 2.20. The van der Waals surface area contributed by atoms with Gasteiger partial charge in [0.1, 0.15) is 11.9 Å². The fourth-order valence-electron chi connectivity index (χ4n) is 2.20. The van der Waals surface area contributed by atoms with E-state index in [1.54, 1.807) is 0 Å². The Morgan fingerprint density at radius 2 is 1.76 bits per heavy atom. The molecule has 2 amide bonds. The third-order valence-corrected chi connectivity index (χ3v) is 3.43. The van der Waals surface area contributed by atoms with Crippen LogP contribution < -0.4 is 11.1 Å². The summed E-state index contributed by atoms with van der Waals surface area (Å²) in [5, 5.41) is 2.28. The second-order valence-electron chi connectivity index (χ2n) is 5.34. The summed E-state index contributed by atoms with van der Waals surface area (Å²) >= 11 is 0. The number of benzene rings is 2. The monoisotopic (exact) mass is 354 g/mol. The van der Waals surface area contributed by atoms with Crippen LogP contribution in [0.25, 0.3) is 0 Å². The number of primary amides is 1. The third-order valence-electron chi connectivity index (χ3n) is 3.43. The number of alkyl halides is 3. The highest BCUT2D eigenvalue weighted by atomic mass is 19.4. The maximum atomic E-state index is 13.2. The van der Waals surface area contributed by atoms with Crippen molar-refractivity contribution in [1.29, 1.82) is 0 Å². The van der Waals surface area contributed by atoms with Crippen molar-refractivity contribution in [1.82, 2.24) is 5.32 Å². The molecule has 0 bridgehead atoms. The number of rotatable bonds is 5. The van der Waals surface area contributed by atoms with Crippen LogP contribution in [0.3, 0.4) is 0 Å². The maximum absolute atomic E-state index is 13.2. The molecule has 25 heavy (non-hydrogen) atoms. The molecule has 0 radical (unpaired) electrons. The zero-order chi connectivity index (χ0) is 18.6. The Hall–Kier alpha value is -2.90. The summed E-state index contributed by atoms with van der Waals surface area (Å²) in [4.78, 5) is 23.7. The molecule has 2 aromatic carbocycles. The van der Waals surface area contributed by atoms with E-state index in [-0.39, 0.29) is 12.0 Å². The van der Waals surface area contributed by atoms with Gasteiger partial charge in [-0.1, -0.05) is 18.2 Å². The van der Waals surface area contributed by atoms with Gasteiger partial charge in [-0.25, -0.2) is 4.39 Å². The van der Waals surface area contributed by atoms with Crippen molar-refractivity contribution in [3.8, 4) is 0 Å². The molecule has 0 saturated carbocycles. The van der Waals surface area contributed by atoms with E-state index in [2.05, 4.69) is 5.32 Å². The minimum atomic E-state index is -4.60. The molecule has 0 spiro atoms. The first-order valence-electron chi connectivity index (χ1n) is 7.18. The largest absolute Gasteiger partial charge is 0.416 e. The average Bonchev–Trinajstić information content (AvgIpc) is 2.53. The van der Waals surface area contributed by atoms with Crippen molar-refractivity contribution in [3.05, 3.63) is 71.0 Å². The number of amides is 2. The first kappa shape index (κ1) is 18.4. The highest BCUT2D eigenvalue weighted by Gasteiger charge is 2.31. The zero-order valence-corrected chi connectivity index (χ0v) is 12.8. The highest BCUT2D eigenvalue weighted by Crippen LogP contribution is 2.29. The van der Waals surface area contributed by atoms with Gasteiger partial charge < -0.3 is 11.1 Å². The summed E-state index contributed by atoms with van der Waals surface area (Å²) in [6.45, 7) is 0. The average molecular weight is 354 g/mol. The lowest BCUT2D eigenvalue weighted by atomic mass is 10.0. The Bertz CT molecular complexity index is 790. The van der Waals surface area contributed by atoms with Crippen molar-refractivity contribution in [3.63, 3.8) is 0 Å². The smallest absolute Gasteiger partial charge is 0.368 e. The molecule has 0 aromatic heterocycles. The molecule has 2 aromatic rings. The van der Waals surface area contributed by atoms with Crippen molar-refractivity contribution >= 4 is 11.8 Å². The van der Waals surface area contributed by atoms with Gasteiger partial charge in [0.15, 0.2) is 0 Å². The predicted octanol–water partition coefficient (Wildman–Crippen LogP) is 2.67. The summed E-state index contributed by atoms with van der Waals surface area (Å²) in [6, 6.07) is 7.94. The predicted molar refractivity (Wildman–Crippen MR) is 82.0 cm³/mol. The molecule has 0 unspecified atom stereocenters. The number of halogens is 4. The van der Waals surface area contributed by atoms with E-state index in [9.17, 15) is 27.2 Å². The van der Waals surface area contributed by atoms with Gasteiger partial charge in [0.25, 0.3) is 5.91 Å². The molecule has 0 aliphatic carbocycles. The Labute approximate surface area is 140 Å². The van der Waals surface area contributed by atoms with Crippen LogP contribution in [0.15, 0.2) is 48.5 Å². The van der Waals surface area contributed by atoms with Crippen LogP contribution in [0.5, 0.6) is 0 Å². The molecule has 2 rings (SSSR count). The van der Waals surface area contributed by atoms with E-state index >= 15 is 0 Å². The molecule has 0 aliphatic heterocycles. The zero-order valence-electron chi connectivity index (χ0n) is 12.8. The first-order valence-corrected chi connectivity index (χ1v) is 7.18. The van der Waals surface area contributed by atoms with Crippen LogP contribution in [-0.4, -0.2) is 17.9 Å². The Morgan fingerprint density at radius 3 is 2.36 bits per heavy atom. The molecule has 0 aliphatic rings. The fraction of sp³-hybridized carbons (Fsp3) is 0.176. The number of nitrogens with two attached hydrogens (primary N) is 1. The number of carbonyl (C=O) groups is 2. The molecule has 0 heterocycles. The van der Waals surface area contributed by atoms with Crippen molar-refractivity contribution in [2.75, 3.05) is 0 Å². The van der Waals surface area contributed by atoms with E-state index in [4.69, 9.17) is 5.73 Å². The standard InChI is InChI=1S/C17H14F4N2O2/c18-13-6-1-3-10(7-13)8-14(15(22)24)23-16(25)11-4-2-5-12(9-11)17(19,20)21/h1-7,9,14H,8H2,(H2,22,24)(H,23,25)/t14-/m1/s1. The highest BCUT2D eigenvalue weighted by molar-refractivity contribution is 5.97. The lowest BCUT2D eigenvalue weighted by Gasteiger charge is -2.16. The minimum absolute atomic E-state index is 0.0855. The van der Waals surface area contributed by atoms with Crippen molar-refractivity contribution in [2.24, 2.45) is 5.73 Å². The van der Waals surface area contributed by atoms with Crippen molar-refractivity contribution < 1.29 is 27.2 Å². The van der Waals surface area contributed by atoms with Crippen LogP contribution in [0.2, 0.25) is 0 Å². The van der Waals surface area contributed by atoms with Crippen LogP contribution in [0.4, 0.5) is 17.6 Å². The Kier molecular flexibility index (Phi) is 5.41. The molecule has 0 saturated heterocycles. The molecule has 4 nitrogen and oxygen atoms in total. The van der Waals surface area contributed by atoms with Gasteiger partial charge in [0.05, 0.1) is 5.56 Å². The van der Waals surface area contributed by atoms with Crippen molar-refractivity contribution in [2.45, 2.75) is 18.6 Å². The van der Waals surface area contributed by atoms with Gasteiger partial charge in [0.2, 0.25) is 5.91 Å². The number of carbonyl (C=O) groups excluding carboxylic acids is 2. The third kappa shape index (κ3) is 5.03. The van der Waals surface area contributed by atoms with Crippen LogP contribution in [-0.2, 0) is 17.4 Å². The van der Waals surface area contributed by atoms with E-state index in [1.807, 2.05) is 0 Å². The van der Waals surface area contributed by atoms with Gasteiger partial charge in [-0.15, -0.1) is 0 Å². The molecule has 8 heteroatoms. The van der Waals surface area contributed by atoms with Gasteiger partial charge in [-0.3, -0.25) is 9.59 Å². The second-order valence-corrected chi connectivity index (χ2v) is 5.34. The van der Waals surface area contributed by atoms with E-state index in [0.29, 0.717) is 11.6 Å². The quantitative estimate of drug-likeness (QED) is 0.811. The second kappa shape index (κ2) is 7.33. The Balaban J connectivity index is 2.17. The molecule has 132 valence electrons. The topological polar surface area (TPSA) is 72.2 Å².